The Morgan fingerprint density at radius 2 is 1.85 bits per heavy atom. The Morgan fingerprint density at radius 1 is 1.08 bits per heavy atom. The van der Waals surface area contributed by atoms with E-state index in [0.29, 0.717) is 23.6 Å². The summed E-state index contributed by atoms with van der Waals surface area (Å²) in [5.74, 6) is 1.30. The van der Waals surface area contributed by atoms with Crippen LogP contribution in [0.25, 0.3) is 0 Å². The summed E-state index contributed by atoms with van der Waals surface area (Å²) in [6.07, 6.45) is 5.93. The van der Waals surface area contributed by atoms with Gasteiger partial charge in [-0.1, -0.05) is 6.42 Å². The van der Waals surface area contributed by atoms with Crippen molar-refractivity contribution in [3.05, 3.63) is 23.8 Å². The van der Waals surface area contributed by atoms with Crippen LogP contribution in [-0.2, 0) is 4.74 Å². The molecule has 0 unspecified atom stereocenters. The molecule has 1 aromatic carbocycles. The molecule has 142 valence electrons. The van der Waals surface area contributed by atoms with E-state index < -0.39 is 0 Å². The number of nitrogens with zero attached hydrogens (tertiary/aromatic N) is 1. The summed E-state index contributed by atoms with van der Waals surface area (Å²) < 4.78 is 16.3. The van der Waals surface area contributed by atoms with Crippen LogP contribution in [0.1, 0.15) is 42.5 Å². The zero-order valence-corrected chi connectivity index (χ0v) is 15.3. The molecule has 0 bridgehead atoms. The number of carbonyl (C=O) groups is 1. The molecule has 0 saturated carbocycles. The summed E-state index contributed by atoms with van der Waals surface area (Å²) in [5.41, 5.74) is 0.733. The predicted molar refractivity (Wildman–Crippen MR) is 97.7 cm³/mol. The van der Waals surface area contributed by atoms with E-state index in [2.05, 4.69) is 10.2 Å². The number of likely N-dealkylation sites (tertiary alicyclic amines) is 1. The Bertz CT molecular complexity index is 637. The molecule has 4 rings (SSSR count). The van der Waals surface area contributed by atoms with Crippen molar-refractivity contribution in [2.75, 3.05) is 46.2 Å². The van der Waals surface area contributed by atoms with Crippen molar-refractivity contribution in [1.82, 2.24) is 10.2 Å². The van der Waals surface area contributed by atoms with Crippen LogP contribution in [-0.4, -0.2) is 57.0 Å². The lowest BCUT2D eigenvalue weighted by Crippen LogP contribution is -2.49. The van der Waals surface area contributed by atoms with E-state index in [9.17, 15) is 4.79 Å². The minimum atomic E-state index is -0.0483. The first-order chi connectivity index (χ1) is 12.7. The second-order valence-corrected chi connectivity index (χ2v) is 7.70. The Labute approximate surface area is 154 Å². The Kier molecular flexibility index (Phi) is 5.31. The smallest absolute Gasteiger partial charge is 0.251 e. The van der Waals surface area contributed by atoms with Crippen molar-refractivity contribution in [3.63, 3.8) is 0 Å². The maximum atomic E-state index is 12.7. The van der Waals surface area contributed by atoms with E-state index in [1.54, 1.807) is 18.2 Å². The maximum Gasteiger partial charge on any atom is 0.251 e. The van der Waals surface area contributed by atoms with Crippen molar-refractivity contribution in [1.29, 1.82) is 0 Å². The molecule has 2 saturated heterocycles. The molecule has 2 fully saturated rings. The molecule has 0 aromatic heterocycles. The van der Waals surface area contributed by atoms with Gasteiger partial charge in [0.1, 0.15) is 0 Å². The van der Waals surface area contributed by atoms with Crippen molar-refractivity contribution in [3.8, 4) is 11.5 Å². The van der Waals surface area contributed by atoms with Crippen LogP contribution in [0.3, 0.4) is 0 Å². The van der Waals surface area contributed by atoms with E-state index in [1.165, 1.54) is 32.4 Å². The maximum absolute atomic E-state index is 12.7. The number of ether oxygens (including phenoxy) is 3. The van der Waals surface area contributed by atoms with E-state index in [1.807, 2.05) is 0 Å². The molecule has 0 spiro atoms. The number of carbonyl (C=O) groups excluding carboxylic acids is 1. The third-order valence-electron chi connectivity index (χ3n) is 5.82. The molecule has 1 N–H and O–H groups in total. The third kappa shape index (κ3) is 3.96. The number of hydrogen-bond acceptors (Lipinski definition) is 5. The minimum Gasteiger partial charge on any atom is -0.454 e. The van der Waals surface area contributed by atoms with Crippen LogP contribution >= 0.6 is 0 Å². The molecule has 0 atom stereocenters. The van der Waals surface area contributed by atoms with Crippen molar-refractivity contribution >= 4 is 5.91 Å². The molecule has 3 heterocycles. The normalized spacial score (nSPS) is 22.2. The van der Waals surface area contributed by atoms with Gasteiger partial charge in [0.15, 0.2) is 11.5 Å². The van der Waals surface area contributed by atoms with Gasteiger partial charge in [0.05, 0.1) is 0 Å². The van der Waals surface area contributed by atoms with Gasteiger partial charge in [-0.25, -0.2) is 0 Å². The quantitative estimate of drug-likeness (QED) is 0.874. The fourth-order valence-corrected chi connectivity index (χ4v) is 4.19. The predicted octanol–water partition coefficient (Wildman–Crippen LogP) is 2.43. The van der Waals surface area contributed by atoms with Gasteiger partial charge in [0, 0.05) is 37.3 Å². The molecular formula is C20H28N2O4. The molecule has 26 heavy (non-hydrogen) atoms. The van der Waals surface area contributed by atoms with Gasteiger partial charge in [-0.3, -0.25) is 4.79 Å². The van der Waals surface area contributed by atoms with Gasteiger partial charge in [0.25, 0.3) is 5.91 Å². The first-order valence-corrected chi connectivity index (χ1v) is 9.72. The molecule has 0 radical (unpaired) electrons. The molecule has 3 aliphatic rings. The van der Waals surface area contributed by atoms with Crippen LogP contribution < -0.4 is 14.8 Å². The second kappa shape index (κ2) is 7.84. The zero-order valence-electron chi connectivity index (χ0n) is 15.3. The molecule has 3 aliphatic heterocycles. The number of fused-ring (bicyclic) bond motifs is 1. The van der Waals surface area contributed by atoms with Crippen LogP contribution in [0.4, 0.5) is 0 Å². The van der Waals surface area contributed by atoms with Crippen molar-refractivity contribution < 1.29 is 19.0 Å². The topological polar surface area (TPSA) is 60.0 Å². The van der Waals surface area contributed by atoms with Crippen LogP contribution in [0.2, 0.25) is 0 Å². The van der Waals surface area contributed by atoms with Gasteiger partial charge in [-0.15, -0.1) is 0 Å². The average Bonchev–Trinajstić information content (AvgIpc) is 3.15. The minimum absolute atomic E-state index is 0.0483. The van der Waals surface area contributed by atoms with Gasteiger partial charge in [0.2, 0.25) is 6.79 Å². The van der Waals surface area contributed by atoms with E-state index >= 15 is 0 Å². The molecule has 6 nitrogen and oxygen atoms in total. The highest BCUT2D eigenvalue weighted by Gasteiger charge is 2.35. The van der Waals surface area contributed by atoms with Gasteiger partial charge in [-0.05, 0) is 57.0 Å². The lowest BCUT2D eigenvalue weighted by Gasteiger charge is -2.42. The average molecular weight is 360 g/mol. The van der Waals surface area contributed by atoms with Crippen molar-refractivity contribution in [2.45, 2.75) is 32.1 Å². The van der Waals surface area contributed by atoms with Gasteiger partial charge in [-0.2, -0.15) is 0 Å². The Morgan fingerprint density at radius 3 is 2.65 bits per heavy atom. The largest absolute Gasteiger partial charge is 0.454 e. The fraction of sp³-hybridized carbons (Fsp3) is 0.650. The second-order valence-electron chi connectivity index (χ2n) is 7.70. The van der Waals surface area contributed by atoms with E-state index in [4.69, 9.17) is 14.2 Å². The van der Waals surface area contributed by atoms with Crippen LogP contribution in [0, 0.1) is 5.41 Å². The summed E-state index contributed by atoms with van der Waals surface area (Å²) in [7, 11) is 0. The number of hydrogen-bond donors (Lipinski definition) is 1. The number of rotatable bonds is 5. The highest BCUT2D eigenvalue weighted by molar-refractivity contribution is 5.94. The number of nitrogens with one attached hydrogen (secondary N) is 1. The summed E-state index contributed by atoms with van der Waals surface area (Å²) in [6, 6.07) is 5.36. The number of amides is 1. The monoisotopic (exact) mass is 360 g/mol. The van der Waals surface area contributed by atoms with Crippen LogP contribution in [0.15, 0.2) is 18.2 Å². The molecule has 0 aliphatic carbocycles. The molecule has 1 amide bonds. The number of piperidine rings is 1. The standard InChI is InChI=1S/C20H28N2O4/c23-19(16-4-5-17-18(12-16)26-15-25-17)21-13-20(6-10-24-11-7-20)14-22-8-2-1-3-9-22/h4-5,12H,1-3,6-11,13-15H2,(H,21,23). The molecular weight excluding hydrogens is 332 g/mol. The summed E-state index contributed by atoms with van der Waals surface area (Å²) in [6.45, 7) is 5.90. The third-order valence-corrected chi connectivity index (χ3v) is 5.82. The highest BCUT2D eigenvalue weighted by Crippen LogP contribution is 2.34. The highest BCUT2D eigenvalue weighted by atomic mass is 16.7. The van der Waals surface area contributed by atoms with E-state index in [-0.39, 0.29) is 18.1 Å². The fourth-order valence-electron chi connectivity index (χ4n) is 4.19. The molecule has 1 aromatic rings. The van der Waals surface area contributed by atoms with Crippen LogP contribution in [0.5, 0.6) is 11.5 Å². The first-order valence-electron chi connectivity index (χ1n) is 9.72. The lowest BCUT2D eigenvalue weighted by molar-refractivity contribution is -0.00671. The zero-order chi connectivity index (χ0) is 17.8. The first kappa shape index (κ1) is 17.6. The van der Waals surface area contributed by atoms with Crippen molar-refractivity contribution in [2.24, 2.45) is 5.41 Å². The lowest BCUT2D eigenvalue weighted by atomic mass is 9.79. The summed E-state index contributed by atoms with van der Waals surface area (Å²) >= 11 is 0. The molecule has 6 heteroatoms. The SMILES string of the molecule is O=C(NCC1(CN2CCCCC2)CCOCC1)c1ccc2c(c1)OCO2. The van der Waals surface area contributed by atoms with E-state index in [0.717, 1.165) is 32.6 Å². The summed E-state index contributed by atoms with van der Waals surface area (Å²) in [4.78, 5) is 15.2. The van der Waals surface area contributed by atoms with Gasteiger partial charge >= 0.3 is 0 Å². The Balaban J connectivity index is 1.40. The van der Waals surface area contributed by atoms with Gasteiger partial charge < -0.3 is 24.4 Å². The Hall–Kier alpha value is -1.79. The summed E-state index contributed by atoms with van der Waals surface area (Å²) in [5, 5.41) is 3.17. The number of benzene rings is 1.